The van der Waals surface area contributed by atoms with Gasteiger partial charge in [0.1, 0.15) is 22.7 Å². The molecule has 6 nitrogen and oxygen atoms in total. The van der Waals surface area contributed by atoms with Gasteiger partial charge in [-0.3, -0.25) is 9.55 Å². The number of oxazole rings is 1. The number of para-hydroxylation sites is 2. The van der Waals surface area contributed by atoms with Crippen LogP contribution in [-0.4, -0.2) is 24.6 Å². The van der Waals surface area contributed by atoms with Crippen LogP contribution in [0.4, 0.5) is 0 Å². The number of hydrogen-bond acceptors (Lipinski definition) is 5. The molecule has 0 radical (unpaired) electrons. The van der Waals surface area contributed by atoms with E-state index < -0.39 is 0 Å². The second-order valence-electron chi connectivity index (χ2n) is 17.5. The minimum absolute atomic E-state index is 0. The van der Waals surface area contributed by atoms with E-state index >= 15 is 0 Å². The van der Waals surface area contributed by atoms with Crippen molar-refractivity contribution in [1.82, 2.24) is 19.5 Å². The molecular formula is C53H47N4O2Pt-. The van der Waals surface area contributed by atoms with Crippen molar-refractivity contribution in [1.29, 1.82) is 0 Å². The molecule has 0 amide bonds. The molecule has 3 heterocycles. The Balaban J connectivity index is 0.00000499. The van der Waals surface area contributed by atoms with E-state index in [4.69, 9.17) is 19.4 Å². The molecule has 7 heteroatoms. The second kappa shape index (κ2) is 15.5. The molecule has 1 N–H and O–H groups in total. The third-order valence-electron chi connectivity index (χ3n) is 11.3. The molecule has 6 aromatic carbocycles. The maximum atomic E-state index is 12.3. The summed E-state index contributed by atoms with van der Waals surface area (Å²) in [5, 5.41) is 12.3. The summed E-state index contributed by atoms with van der Waals surface area (Å²) in [6.07, 6.45) is 1.78. The van der Waals surface area contributed by atoms with Crippen molar-refractivity contribution < 1.29 is 30.6 Å². The number of aromatic nitrogens is 4. The van der Waals surface area contributed by atoms with Gasteiger partial charge in [0.05, 0.1) is 22.3 Å². The molecule has 0 saturated heterocycles. The molecule has 0 aliphatic heterocycles. The van der Waals surface area contributed by atoms with Gasteiger partial charge in [0.15, 0.2) is 0 Å². The third kappa shape index (κ3) is 7.17. The van der Waals surface area contributed by atoms with Gasteiger partial charge in [-0.05, 0) is 71.2 Å². The van der Waals surface area contributed by atoms with Crippen LogP contribution < -0.4 is 0 Å². The molecule has 60 heavy (non-hydrogen) atoms. The Kier molecular flexibility index (Phi) is 10.5. The minimum Gasteiger partial charge on any atom is -0.507 e. The van der Waals surface area contributed by atoms with E-state index in [1.807, 2.05) is 30.3 Å². The summed E-state index contributed by atoms with van der Waals surface area (Å²) in [4.78, 5) is 15.2. The maximum absolute atomic E-state index is 12.3. The van der Waals surface area contributed by atoms with E-state index in [1.165, 1.54) is 0 Å². The van der Waals surface area contributed by atoms with Crippen LogP contribution in [-0.2, 0) is 31.9 Å². The molecule has 0 aliphatic carbocycles. The van der Waals surface area contributed by atoms with E-state index in [-0.39, 0.29) is 37.6 Å². The normalized spacial score (nSPS) is 11.9. The van der Waals surface area contributed by atoms with Gasteiger partial charge in [0, 0.05) is 49.6 Å². The van der Waals surface area contributed by atoms with Gasteiger partial charge in [-0.15, -0.1) is 29.8 Å². The van der Waals surface area contributed by atoms with Gasteiger partial charge in [-0.2, -0.15) is 0 Å². The summed E-state index contributed by atoms with van der Waals surface area (Å²) in [5.41, 5.74) is 14.8. The smallest absolute Gasteiger partial charge is 0.227 e. The van der Waals surface area contributed by atoms with Crippen molar-refractivity contribution in [2.75, 3.05) is 0 Å². The first-order chi connectivity index (χ1) is 28.3. The van der Waals surface area contributed by atoms with E-state index in [0.29, 0.717) is 28.6 Å². The Morgan fingerprint density at radius 3 is 2.05 bits per heavy atom. The predicted octanol–water partition coefficient (Wildman–Crippen LogP) is 13.6. The Hall–Kier alpha value is -6.10. The zero-order valence-corrected chi connectivity index (χ0v) is 37.4. The number of phenolic OH excluding ortho intramolecular Hbond substituents is 1. The number of aromatic hydroxyl groups is 1. The van der Waals surface area contributed by atoms with Crippen molar-refractivity contribution in [3.63, 3.8) is 0 Å². The number of imidazole rings is 1. The summed E-state index contributed by atoms with van der Waals surface area (Å²) < 4.78 is 8.74. The van der Waals surface area contributed by atoms with Crippen molar-refractivity contribution in [2.45, 2.75) is 66.2 Å². The standard InChI is InChI=1S/C53H47N4O2.Pt/c1-32-17-14-18-33(2)45(32)51-55-42-27-28-54-46(49(42)59-51)36-22-15-21-35(29-36)39-24-16-26-44-47(39)56-50(40-30-37(52(3,4)5)31-41(48(40)58)53(6,7)8)57(44)43-25-13-12-23-38(43)34-19-10-9-11-20-34;/h9-28,30-31,58H,1-8H3;/q-1;. The van der Waals surface area contributed by atoms with Gasteiger partial charge in [0.2, 0.25) is 5.89 Å². The third-order valence-corrected chi connectivity index (χ3v) is 11.3. The molecule has 302 valence electrons. The van der Waals surface area contributed by atoms with Crippen molar-refractivity contribution in [3.8, 4) is 67.8 Å². The number of hydrogen-bond donors (Lipinski definition) is 1. The fourth-order valence-corrected chi connectivity index (χ4v) is 8.15. The fraction of sp³-hybridized carbons (Fsp3) is 0.189. The Morgan fingerprint density at radius 1 is 0.650 bits per heavy atom. The topological polar surface area (TPSA) is 77.0 Å². The van der Waals surface area contributed by atoms with Crippen molar-refractivity contribution in [3.05, 3.63) is 162 Å². The van der Waals surface area contributed by atoms with Gasteiger partial charge in [0.25, 0.3) is 0 Å². The molecule has 9 rings (SSSR count). The predicted molar refractivity (Wildman–Crippen MR) is 241 cm³/mol. The van der Waals surface area contributed by atoms with Gasteiger partial charge >= 0.3 is 0 Å². The summed E-state index contributed by atoms with van der Waals surface area (Å²) in [6, 6.07) is 47.3. The molecule has 9 aromatic rings. The number of fused-ring (bicyclic) bond motifs is 2. The number of benzene rings is 6. The molecule has 3 aromatic heterocycles. The molecular weight excluding hydrogens is 920 g/mol. The number of pyridine rings is 1. The van der Waals surface area contributed by atoms with Crippen LogP contribution in [0.2, 0.25) is 0 Å². The summed E-state index contributed by atoms with van der Waals surface area (Å²) in [6.45, 7) is 17.2. The largest absolute Gasteiger partial charge is 0.507 e. The van der Waals surface area contributed by atoms with Crippen molar-refractivity contribution >= 4 is 22.1 Å². The van der Waals surface area contributed by atoms with Crippen molar-refractivity contribution in [2.24, 2.45) is 0 Å². The number of rotatable bonds is 6. The Morgan fingerprint density at radius 2 is 1.32 bits per heavy atom. The maximum Gasteiger partial charge on any atom is 0.227 e. The first-order valence-electron chi connectivity index (χ1n) is 20.2. The molecule has 0 fully saturated rings. The summed E-state index contributed by atoms with van der Waals surface area (Å²) in [7, 11) is 0. The molecule has 0 unspecified atom stereocenters. The number of phenols is 1. The first-order valence-corrected chi connectivity index (χ1v) is 20.2. The average molecular weight is 967 g/mol. The molecule has 0 atom stereocenters. The van der Waals surface area contributed by atoms with E-state index in [2.05, 4.69) is 163 Å². The number of nitrogens with zero attached hydrogens (tertiary/aromatic N) is 4. The Labute approximate surface area is 366 Å². The van der Waals surface area contributed by atoms with E-state index in [1.54, 1.807) is 6.20 Å². The number of aryl methyl sites for hydroxylation is 2. The van der Waals surface area contributed by atoms with Crippen LogP contribution >= 0.6 is 0 Å². The average Bonchev–Trinajstić information content (AvgIpc) is 3.82. The van der Waals surface area contributed by atoms with Crippen LogP contribution in [0, 0.1) is 19.9 Å². The van der Waals surface area contributed by atoms with Gasteiger partial charge in [-0.1, -0.05) is 138 Å². The van der Waals surface area contributed by atoms with Crippen LogP contribution in [0.3, 0.4) is 0 Å². The van der Waals surface area contributed by atoms with E-state index in [0.717, 1.165) is 77.9 Å². The molecule has 0 aliphatic rings. The summed E-state index contributed by atoms with van der Waals surface area (Å²) in [5.74, 6) is 1.47. The van der Waals surface area contributed by atoms with Gasteiger partial charge in [-0.25, -0.2) is 9.97 Å². The molecule has 0 spiro atoms. The zero-order valence-electron chi connectivity index (χ0n) is 35.2. The Bertz CT molecular complexity index is 3040. The van der Waals surface area contributed by atoms with Crippen LogP contribution in [0.15, 0.2) is 138 Å². The van der Waals surface area contributed by atoms with E-state index in [9.17, 15) is 5.11 Å². The SMILES string of the molecule is Cc1cccc(C)c1-c1nc2ccnc(-c3[c-]c(-c4cccc5c4nc(-c4cc(C(C)(C)C)cc(C(C)(C)C)c4O)n5-c4ccccc4-c4ccccc4)ccc3)c2o1.[Pt]. The van der Waals surface area contributed by atoms with Crippen LogP contribution in [0.5, 0.6) is 5.75 Å². The van der Waals surface area contributed by atoms with Crippen LogP contribution in [0.25, 0.3) is 84.2 Å². The minimum atomic E-state index is -0.320. The van der Waals surface area contributed by atoms with Gasteiger partial charge < -0.3 is 9.52 Å². The quantitative estimate of drug-likeness (QED) is 0.168. The molecule has 0 saturated carbocycles. The summed E-state index contributed by atoms with van der Waals surface area (Å²) >= 11 is 0. The monoisotopic (exact) mass is 966 g/mol. The first kappa shape index (κ1) is 40.7. The zero-order chi connectivity index (χ0) is 41.2. The fourth-order valence-electron chi connectivity index (χ4n) is 8.15. The van der Waals surface area contributed by atoms with Crippen LogP contribution in [0.1, 0.15) is 63.8 Å². The molecule has 0 bridgehead atoms. The second-order valence-corrected chi connectivity index (χ2v) is 17.5.